The van der Waals surface area contributed by atoms with Gasteiger partial charge in [0.25, 0.3) is 6.47 Å². The third-order valence-corrected chi connectivity index (χ3v) is 42.0. The second-order valence-corrected chi connectivity index (χ2v) is 56.2. The maximum Gasteiger partial charge on any atom is 0.514 e. The fraction of sp³-hybridized carbons (Fsp3) is 0.583. The molecule has 0 aromatic heterocycles. The monoisotopic (exact) mass is 3340 g/mol. The molecule has 6 saturated heterocycles. The molecule has 0 radical (unpaired) electrons. The average Bonchev–Trinajstić information content (AvgIpc) is 0.817. The number of hydrogen-bond donors (Lipinski definition) is 6. The largest absolute Gasteiger partial charge is 0.514 e. The maximum atomic E-state index is 12.8. The first-order valence-electron chi connectivity index (χ1n) is 49.8. The Hall–Kier alpha value is -0.930. The molecular formula is C108H152I12N6O18+6. The molecule has 0 bridgehead atoms. The molecule has 0 unspecified atom stereocenters. The third-order valence-electron chi connectivity index (χ3n) is 28.1. The predicted octanol–water partition coefficient (Wildman–Crippen LogP) is 21.5. The number of quaternary nitrogens is 6. The van der Waals surface area contributed by atoms with Gasteiger partial charge in [0.05, 0.1) is 112 Å². The molecule has 6 aliphatic heterocycles. The second kappa shape index (κ2) is 61.7. The molecule has 6 aromatic carbocycles. The lowest BCUT2D eigenvalue weighted by molar-refractivity contribution is -0.832. The molecule has 0 aliphatic carbocycles. The number of carbonyl (C=O) groups excluding carboxylic acids is 9. The molecule has 800 valence electrons. The number of hydrogen-bond acceptors (Lipinski definition) is 18. The molecular weight excluding hydrogens is 3190 g/mol. The van der Waals surface area contributed by atoms with Crippen LogP contribution in [-0.4, -0.2) is 183 Å². The van der Waals surface area contributed by atoms with Gasteiger partial charge >= 0.3 is 48.0 Å². The number of esters is 6. The maximum absolute atomic E-state index is 12.8. The highest BCUT2D eigenvalue weighted by atomic mass is 127. The lowest BCUT2D eigenvalue weighted by Gasteiger charge is -2.38. The van der Waals surface area contributed by atoms with Crippen molar-refractivity contribution in [2.45, 2.75) is 292 Å². The minimum Gasteiger partial charge on any atom is -0.462 e. The van der Waals surface area contributed by atoms with Crippen molar-refractivity contribution in [3.63, 3.8) is 0 Å². The van der Waals surface area contributed by atoms with Crippen LogP contribution in [0.2, 0.25) is 0 Å². The van der Waals surface area contributed by atoms with Crippen molar-refractivity contribution in [3.8, 4) is 0 Å². The van der Waals surface area contributed by atoms with E-state index in [-0.39, 0.29) is 71.0 Å². The summed E-state index contributed by atoms with van der Waals surface area (Å²) >= 11 is 26.7. The molecule has 2 amide bonds. The summed E-state index contributed by atoms with van der Waals surface area (Å²) < 4.78 is 63.3. The number of alkyl carbamates (subject to hydrolysis) is 4. The van der Waals surface area contributed by atoms with Crippen LogP contribution in [0.1, 0.15) is 304 Å². The zero-order valence-corrected chi connectivity index (χ0v) is 113. The highest BCUT2D eigenvalue weighted by molar-refractivity contribution is 14.1. The molecule has 0 atom stereocenters. The summed E-state index contributed by atoms with van der Waals surface area (Å²) in [5, 5.41) is 9.33. The first kappa shape index (κ1) is 132. The zero-order chi connectivity index (χ0) is 108. The Bertz CT molecular complexity index is 5190. The van der Waals surface area contributed by atoms with Crippen molar-refractivity contribution in [2.24, 2.45) is 35.5 Å². The van der Waals surface area contributed by atoms with Crippen LogP contribution >= 0.6 is 271 Å². The number of nitrogens with one attached hydrogen (secondary N) is 2. The molecule has 6 aromatic rings. The first-order chi connectivity index (χ1) is 67.2. The minimum atomic E-state index is -0.575. The van der Waals surface area contributed by atoms with Crippen LogP contribution < -0.4 is 31.1 Å². The number of rotatable bonds is 25. The fourth-order valence-corrected chi connectivity index (χ4v) is 25.9. The topological polar surface area (TPSA) is 312 Å². The van der Waals surface area contributed by atoms with E-state index in [1.165, 1.54) is 0 Å². The number of ether oxygens (including phenoxy) is 9. The van der Waals surface area contributed by atoms with Gasteiger partial charge in [0.15, 0.2) is 0 Å². The van der Waals surface area contributed by atoms with Gasteiger partial charge in [0, 0.05) is 155 Å². The Morgan fingerprint density at radius 2 is 0.597 bits per heavy atom. The number of likely N-dealkylation sites (tertiary alicyclic amines) is 2. The highest BCUT2D eigenvalue weighted by Gasteiger charge is 2.46. The Morgan fingerprint density at radius 3 is 0.958 bits per heavy atom. The summed E-state index contributed by atoms with van der Waals surface area (Å²) in [6.45, 7) is 54.1. The Kier molecular flexibility index (Phi) is 56.4. The number of amides is 2. The number of piperidine rings is 6. The van der Waals surface area contributed by atoms with E-state index in [0.717, 1.165) is 201 Å². The van der Waals surface area contributed by atoms with Gasteiger partial charge in [-0.1, -0.05) is 39.0 Å². The molecule has 0 saturated carbocycles. The van der Waals surface area contributed by atoms with Gasteiger partial charge in [-0.2, -0.15) is 9.59 Å². The van der Waals surface area contributed by atoms with Crippen LogP contribution in [0.25, 0.3) is 0 Å². The van der Waals surface area contributed by atoms with Crippen LogP contribution in [-0.2, 0) is 47.4 Å². The molecule has 6 heterocycles. The van der Waals surface area contributed by atoms with Crippen molar-refractivity contribution in [1.82, 2.24) is 0 Å². The van der Waals surface area contributed by atoms with Gasteiger partial charge in [0.2, 0.25) is 0 Å². The predicted molar refractivity (Wildman–Crippen MR) is 666 cm³/mol. The van der Waals surface area contributed by atoms with Crippen molar-refractivity contribution < 1.29 is 117 Å². The second-order valence-electron chi connectivity index (χ2n) is 42.3. The van der Waals surface area contributed by atoms with Gasteiger partial charge < -0.3 is 63.9 Å². The summed E-state index contributed by atoms with van der Waals surface area (Å²) in [7, 11) is 0. The van der Waals surface area contributed by atoms with E-state index in [1.54, 1.807) is 12.1 Å². The summed E-state index contributed by atoms with van der Waals surface area (Å²) in [5.41, 5.74) is 0.0311. The molecule has 6 aliphatic rings. The van der Waals surface area contributed by atoms with E-state index in [2.05, 4.69) is 326 Å². The number of nitrogens with two attached hydrogens (primary N) is 4. The van der Waals surface area contributed by atoms with Gasteiger partial charge in [-0.25, -0.2) is 38.6 Å². The Morgan fingerprint density at radius 1 is 0.292 bits per heavy atom. The lowest BCUT2D eigenvalue weighted by atomic mass is 9.83. The summed E-state index contributed by atoms with van der Waals surface area (Å²) in [5.74, 6) is 0.875. The molecule has 24 nitrogen and oxygen atoms in total. The van der Waals surface area contributed by atoms with Crippen molar-refractivity contribution in [3.05, 3.63) is 185 Å². The zero-order valence-electron chi connectivity index (χ0n) is 87.2. The highest BCUT2D eigenvalue weighted by Crippen LogP contribution is 2.39. The summed E-state index contributed by atoms with van der Waals surface area (Å²) in [6.07, 6.45) is 14.3. The SMILES string of the molecule is CC(C)(OC(=O)c1c(I)c(I)cc(I)c1I)C1CC[NH2+]CC1.CC(C)(OC(=O)c1c(I)ccc(I)c1I)C1CC[NH2+]CC1.CC(C)(OC(=O)c1cc(I)ccc1I)C1CC[NH2+]CC1.CC(C)(OC(=O)c1ccc(I)cc1)C1CC[NH2+]CC1.CCC(C)(C)OC(=O)[NH+]1CCC(C(C)(C)OC(=O)c2cccc(I)c2)CC1.CCC(C)(C)OC(=O)[NH+]1CCC(C(C)(C)OC(=O)c2ccccc2I)CC1.CCC(C)(C)OC=O. The van der Waals surface area contributed by atoms with E-state index in [1.807, 2.05) is 209 Å². The van der Waals surface area contributed by atoms with Crippen molar-refractivity contribution in [1.29, 1.82) is 0 Å². The summed E-state index contributed by atoms with van der Waals surface area (Å²) in [6, 6.07) is 34.3. The van der Waals surface area contributed by atoms with E-state index in [9.17, 15) is 43.2 Å². The number of benzene rings is 6. The molecule has 10 N–H and O–H groups in total. The Labute approximate surface area is 1020 Å². The average molecular weight is 3350 g/mol. The van der Waals surface area contributed by atoms with Gasteiger partial charge in [-0.05, 0) is 506 Å². The molecule has 12 rings (SSSR count). The minimum absolute atomic E-state index is 0.172. The van der Waals surface area contributed by atoms with Gasteiger partial charge in [-0.3, -0.25) is 4.79 Å². The number of halogens is 12. The van der Waals surface area contributed by atoms with Crippen LogP contribution in [0.15, 0.2) is 109 Å². The van der Waals surface area contributed by atoms with Gasteiger partial charge in [-0.15, -0.1) is 0 Å². The normalized spacial score (nSPS) is 18.0. The van der Waals surface area contributed by atoms with Crippen LogP contribution in [0.5, 0.6) is 0 Å². The van der Waals surface area contributed by atoms with Crippen molar-refractivity contribution in [2.75, 3.05) is 78.5 Å². The van der Waals surface area contributed by atoms with Crippen LogP contribution in [0, 0.1) is 78.3 Å². The quantitative estimate of drug-likeness (QED) is 0.0102. The van der Waals surface area contributed by atoms with E-state index >= 15 is 0 Å². The molecule has 144 heavy (non-hydrogen) atoms. The fourth-order valence-electron chi connectivity index (χ4n) is 17.4. The first-order valence-corrected chi connectivity index (χ1v) is 62.7. The van der Waals surface area contributed by atoms with Gasteiger partial charge in [0.1, 0.15) is 50.4 Å². The molecule has 6 fully saturated rings. The molecule has 0 spiro atoms. The van der Waals surface area contributed by atoms with E-state index in [0.29, 0.717) is 89.7 Å². The van der Waals surface area contributed by atoms with Crippen LogP contribution in [0.4, 0.5) is 9.59 Å². The van der Waals surface area contributed by atoms with E-state index in [4.69, 9.17) is 42.6 Å². The smallest absolute Gasteiger partial charge is 0.462 e. The third kappa shape index (κ3) is 43.2. The number of carbonyl (C=O) groups is 9. The summed E-state index contributed by atoms with van der Waals surface area (Å²) in [4.78, 5) is 111. The van der Waals surface area contributed by atoms with Crippen LogP contribution in [0.3, 0.4) is 0 Å². The lowest BCUT2D eigenvalue weighted by Crippen LogP contribution is -3.16. The van der Waals surface area contributed by atoms with Crippen molar-refractivity contribution >= 4 is 326 Å². The van der Waals surface area contributed by atoms with E-state index < -0.39 is 39.2 Å². The standard InChI is InChI=1S/2C21H30INO4.C15H17I4NO2.C15H18I3NO2.C15H19I2NO2.C15H20INO2.C6H12O2/c1-6-20(2,3)27-19(25)23-12-10-16(11-13-23)21(4,5)26-18(24)15-8-7-9-17(22)14-15;1-6-20(2,3)27-19(25)23-13-11-15(12-14-23)21(4,5)26-18(24)16-9-7-8-10-17(16)22;1-15(2,8-3-5-20-6-4-8)22-14(21)11-12(18)9(16)7-10(17)13(11)19;1-15(2,9-5-7-19-8-6-9)21-14(20)12-10(16)3-4-11(17)13(12)18;1-15(2,10-5-7-18-8-6-10)20-14(19)12-9-11(16)3-4-13(12)17;1-15(2,12-7-9-17-10-8-12)19-14(18)11-3-5-13(16)6-4-11;1-4-6(2,3)8-5-7/h7-9,14,16H,6,10-13H2,1-5H3;7-10,15H,6,11-14H2,1-5H3;7-8,20H,3-6H2,1-2H3;3-4,9,19H,5-8H2,1-2H3;3-4,9-10,18H,5-8H2,1-2H3;3-6,12,17H,7-10H2,1-2H3;5H,4H2,1-3H3/p+6. The Balaban J connectivity index is 0.000000261. The molecule has 36 heteroatoms.